The van der Waals surface area contributed by atoms with Crippen LogP contribution in [0.1, 0.15) is 22.8 Å². The van der Waals surface area contributed by atoms with Gasteiger partial charge in [0.2, 0.25) is 0 Å². The zero-order chi connectivity index (χ0) is 15.5. The molecular weight excluding hydrogens is 274 g/mol. The fourth-order valence-electron chi connectivity index (χ4n) is 2.85. The maximum Gasteiger partial charge on any atom is 0.258 e. The number of benzene rings is 2. The number of carbonyl (C=O) groups is 1. The van der Waals surface area contributed by atoms with Crippen molar-refractivity contribution in [1.82, 2.24) is 4.90 Å². The second kappa shape index (κ2) is 6.20. The number of nitrogens with zero attached hydrogens (tertiary/aromatic N) is 2. The van der Waals surface area contributed by atoms with Crippen LogP contribution in [0.4, 0.5) is 11.4 Å². The molecule has 0 unspecified atom stereocenters. The Labute approximate surface area is 131 Å². The van der Waals surface area contributed by atoms with Crippen LogP contribution in [0, 0.1) is 0 Å². The number of nitrogens with two attached hydrogens (primary N) is 1. The summed E-state index contributed by atoms with van der Waals surface area (Å²) in [4.78, 5) is 17.1. The Balaban J connectivity index is 1.96. The molecule has 0 saturated carbocycles. The standard InChI is InChI=1S/C18H21N3O/c1-2-20-11-12-21(17-6-4-3-5-15(17)13-20)18(22)14-7-9-16(19)10-8-14/h3-10H,2,11-13,19H2,1H3. The van der Waals surface area contributed by atoms with Gasteiger partial charge in [-0.25, -0.2) is 0 Å². The Morgan fingerprint density at radius 1 is 1.09 bits per heavy atom. The molecule has 114 valence electrons. The van der Waals surface area contributed by atoms with E-state index in [-0.39, 0.29) is 5.91 Å². The summed E-state index contributed by atoms with van der Waals surface area (Å²) in [5.41, 5.74) is 9.27. The van der Waals surface area contributed by atoms with E-state index >= 15 is 0 Å². The highest BCUT2D eigenvalue weighted by Crippen LogP contribution is 2.26. The molecule has 4 heteroatoms. The molecule has 2 aromatic carbocycles. The number of anilines is 2. The van der Waals surface area contributed by atoms with Crippen molar-refractivity contribution >= 4 is 17.3 Å². The molecule has 1 amide bonds. The molecule has 22 heavy (non-hydrogen) atoms. The van der Waals surface area contributed by atoms with Crippen molar-refractivity contribution in [3.63, 3.8) is 0 Å². The number of nitrogen functional groups attached to an aromatic ring is 1. The van der Waals surface area contributed by atoms with E-state index in [4.69, 9.17) is 5.73 Å². The quantitative estimate of drug-likeness (QED) is 0.867. The van der Waals surface area contributed by atoms with Crippen molar-refractivity contribution in [3.05, 3.63) is 59.7 Å². The van der Waals surface area contributed by atoms with Crippen molar-refractivity contribution < 1.29 is 4.79 Å². The fraction of sp³-hybridized carbons (Fsp3) is 0.278. The lowest BCUT2D eigenvalue weighted by atomic mass is 10.1. The van der Waals surface area contributed by atoms with Gasteiger partial charge in [0.25, 0.3) is 5.91 Å². The molecule has 0 atom stereocenters. The van der Waals surface area contributed by atoms with E-state index in [2.05, 4.69) is 17.9 Å². The van der Waals surface area contributed by atoms with Gasteiger partial charge in [-0.05, 0) is 42.4 Å². The van der Waals surface area contributed by atoms with E-state index in [1.807, 2.05) is 23.1 Å². The number of hydrogen-bond donors (Lipinski definition) is 1. The highest BCUT2D eigenvalue weighted by Gasteiger charge is 2.24. The van der Waals surface area contributed by atoms with Crippen LogP contribution in [-0.4, -0.2) is 30.4 Å². The number of fused-ring (bicyclic) bond motifs is 1. The SMILES string of the molecule is CCN1CCN(C(=O)c2ccc(N)cc2)c2ccccc2C1. The monoisotopic (exact) mass is 295 g/mol. The Kier molecular flexibility index (Phi) is 4.11. The lowest BCUT2D eigenvalue weighted by Gasteiger charge is -2.23. The zero-order valence-corrected chi connectivity index (χ0v) is 12.8. The smallest absolute Gasteiger partial charge is 0.258 e. The molecular formula is C18H21N3O. The maximum atomic E-state index is 12.9. The zero-order valence-electron chi connectivity index (χ0n) is 12.8. The Morgan fingerprint density at radius 3 is 2.55 bits per heavy atom. The highest BCUT2D eigenvalue weighted by atomic mass is 16.2. The largest absolute Gasteiger partial charge is 0.399 e. The van der Waals surface area contributed by atoms with Crippen LogP contribution in [-0.2, 0) is 6.54 Å². The average Bonchev–Trinajstić information content (AvgIpc) is 2.74. The molecule has 0 radical (unpaired) electrons. The Bertz CT molecular complexity index is 666. The van der Waals surface area contributed by atoms with Crippen molar-refractivity contribution in [2.75, 3.05) is 30.3 Å². The van der Waals surface area contributed by atoms with Crippen LogP contribution >= 0.6 is 0 Å². The summed E-state index contributed by atoms with van der Waals surface area (Å²) in [7, 11) is 0. The van der Waals surface area contributed by atoms with Gasteiger partial charge in [-0.2, -0.15) is 0 Å². The van der Waals surface area contributed by atoms with E-state index in [0.717, 1.165) is 25.3 Å². The number of rotatable bonds is 2. The molecule has 2 N–H and O–H groups in total. The summed E-state index contributed by atoms with van der Waals surface area (Å²) in [6, 6.07) is 15.3. The van der Waals surface area contributed by atoms with Gasteiger partial charge in [0.15, 0.2) is 0 Å². The Hall–Kier alpha value is -2.33. The van der Waals surface area contributed by atoms with Crippen LogP contribution in [0.3, 0.4) is 0 Å². The van der Waals surface area contributed by atoms with E-state index in [1.54, 1.807) is 24.3 Å². The molecule has 3 rings (SSSR count). The molecule has 2 aromatic rings. The highest BCUT2D eigenvalue weighted by molar-refractivity contribution is 6.06. The summed E-state index contributed by atoms with van der Waals surface area (Å²) in [5.74, 6) is 0.0328. The molecule has 0 fully saturated rings. The molecule has 1 aliphatic rings. The normalized spacial score (nSPS) is 15.2. The molecule has 1 aliphatic heterocycles. The first-order chi connectivity index (χ1) is 10.7. The summed E-state index contributed by atoms with van der Waals surface area (Å²) in [6.07, 6.45) is 0. The van der Waals surface area contributed by atoms with Crippen LogP contribution in [0.2, 0.25) is 0 Å². The third-order valence-corrected chi connectivity index (χ3v) is 4.17. The van der Waals surface area contributed by atoms with Gasteiger partial charge in [0.05, 0.1) is 0 Å². The molecule has 0 spiro atoms. The van der Waals surface area contributed by atoms with Gasteiger partial charge in [-0.3, -0.25) is 9.69 Å². The minimum absolute atomic E-state index is 0.0328. The minimum atomic E-state index is 0.0328. The molecule has 0 aromatic heterocycles. The van der Waals surface area contributed by atoms with Crippen LogP contribution in [0.5, 0.6) is 0 Å². The summed E-state index contributed by atoms with van der Waals surface area (Å²) >= 11 is 0. The molecule has 0 aliphatic carbocycles. The maximum absolute atomic E-state index is 12.9. The fourth-order valence-corrected chi connectivity index (χ4v) is 2.85. The number of hydrogen-bond acceptors (Lipinski definition) is 3. The van der Waals surface area contributed by atoms with Crippen molar-refractivity contribution in [1.29, 1.82) is 0 Å². The number of para-hydroxylation sites is 1. The first kappa shape index (κ1) is 14.6. The third-order valence-electron chi connectivity index (χ3n) is 4.17. The Morgan fingerprint density at radius 2 is 1.82 bits per heavy atom. The first-order valence-corrected chi connectivity index (χ1v) is 7.66. The second-order valence-electron chi connectivity index (χ2n) is 5.58. The summed E-state index contributed by atoms with van der Waals surface area (Å²) in [5, 5.41) is 0. The summed E-state index contributed by atoms with van der Waals surface area (Å²) < 4.78 is 0. The average molecular weight is 295 g/mol. The number of amides is 1. The van der Waals surface area contributed by atoms with Gasteiger partial charge in [-0.1, -0.05) is 25.1 Å². The van der Waals surface area contributed by atoms with Crippen molar-refractivity contribution in [3.8, 4) is 0 Å². The number of likely N-dealkylation sites (N-methyl/N-ethyl adjacent to an activating group) is 1. The van der Waals surface area contributed by atoms with Crippen molar-refractivity contribution in [2.45, 2.75) is 13.5 Å². The minimum Gasteiger partial charge on any atom is -0.399 e. The first-order valence-electron chi connectivity index (χ1n) is 7.66. The third kappa shape index (κ3) is 2.83. The molecule has 0 bridgehead atoms. The molecule has 0 saturated heterocycles. The van der Waals surface area contributed by atoms with Gasteiger partial charge in [-0.15, -0.1) is 0 Å². The topological polar surface area (TPSA) is 49.6 Å². The lowest BCUT2D eigenvalue weighted by Crippen LogP contribution is -2.35. The van der Waals surface area contributed by atoms with Crippen LogP contribution < -0.4 is 10.6 Å². The summed E-state index contributed by atoms with van der Waals surface area (Å²) in [6.45, 7) is 5.61. The van der Waals surface area contributed by atoms with E-state index in [0.29, 0.717) is 17.8 Å². The van der Waals surface area contributed by atoms with Gasteiger partial charge in [0.1, 0.15) is 0 Å². The second-order valence-corrected chi connectivity index (χ2v) is 5.58. The van der Waals surface area contributed by atoms with Crippen molar-refractivity contribution in [2.24, 2.45) is 0 Å². The van der Waals surface area contributed by atoms with E-state index in [1.165, 1.54) is 5.56 Å². The molecule has 4 nitrogen and oxygen atoms in total. The van der Waals surface area contributed by atoms with Gasteiger partial charge < -0.3 is 10.6 Å². The van der Waals surface area contributed by atoms with E-state index < -0.39 is 0 Å². The van der Waals surface area contributed by atoms with Crippen LogP contribution in [0.15, 0.2) is 48.5 Å². The number of carbonyl (C=O) groups excluding carboxylic acids is 1. The van der Waals surface area contributed by atoms with Gasteiger partial charge in [0, 0.05) is 36.6 Å². The van der Waals surface area contributed by atoms with Crippen LogP contribution in [0.25, 0.3) is 0 Å². The van der Waals surface area contributed by atoms with Gasteiger partial charge >= 0.3 is 0 Å². The lowest BCUT2D eigenvalue weighted by molar-refractivity contribution is 0.0985. The van der Waals surface area contributed by atoms with E-state index in [9.17, 15) is 4.79 Å². The molecule has 1 heterocycles. The predicted molar refractivity (Wildman–Crippen MR) is 89.9 cm³/mol. The predicted octanol–water partition coefficient (Wildman–Crippen LogP) is 2.75.